The molecule has 3 nitrogen and oxygen atoms in total. The minimum Gasteiger partial charge on any atom is -0.369 e. The Kier molecular flexibility index (Phi) is 5.66. The zero-order valence-electron chi connectivity index (χ0n) is 10.4. The number of rotatable bonds is 5. The van der Waals surface area contributed by atoms with Gasteiger partial charge in [0.25, 0.3) is 0 Å². The van der Waals surface area contributed by atoms with Gasteiger partial charge in [-0.1, -0.05) is 30.8 Å². The van der Waals surface area contributed by atoms with Crippen LogP contribution in [0.5, 0.6) is 0 Å². The second kappa shape index (κ2) is 7.26. The summed E-state index contributed by atoms with van der Waals surface area (Å²) >= 11 is 8.72. The zero-order valence-corrected chi connectivity index (χ0v) is 14.3. The summed E-state index contributed by atoms with van der Waals surface area (Å²) in [4.78, 5) is 9.70. The largest absolute Gasteiger partial charge is 0.369 e. The highest BCUT2D eigenvalue weighted by atomic mass is 79.9. The highest BCUT2D eigenvalue weighted by Crippen LogP contribution is 2.37. The van der Waals surface area contributed by atoms with Crippen LogP contribution < -0.4 is 5.32 Å². The fraction of sp³-hybridized carbons (Fsp3) is 0.231. The van der Waals surface area contributed by atoms with E-state index in [4.69, 9.17) is 0 Å². The number of hydrogen-bond donors (Lipinski definition) is 1. The maximum absolute atomic E-state index is 4.33. The molecule has 2 rings (SSSR count). The second-order valence-electron chi connectivity index (χ2n) is 3.80. The number of anilines is 1. The predicted molar refractivity (Wildman–Crippen MR) is 86.8 cm³/mol. The maximum Gasteiger partial charge on any atom is 0.144 e. The van der Waals surface area contributed by atoms with E-state index in [0.29, 0.717) is 0 Å². The topological polar surface area (TPSA) is 37.8 Å². The minimum absolute atomic E-state index is 0.839. The van der Waals surface area contributed by atoms with Crippen molar-refractivity contribution in [2.24, 2.45) is 0 Å². The smallest absolute Gasteiger partial charge is 0.144 e. The second-order valence-corrected chi connectivity index (χ2v) is 6.48. The van der Waals surface area contributed by atoms with E-state index in [0.717, 1.165) is 37.7 Å². The molecule has 0 saturated heterocycles. The Labute approximate surface area is 133 Å². The first-order chi connectivity index (χ1) is 9.22. The average molecular weight is 403 g/mol. The third kappa shape index (κ3) is 3.94. The molecular formula is C13H13Br2N3S. The van der Waals surface area contributed by atoms with Crippen LogP contribution in [0, 0.1) is 0 Å². The standard InChI is InChI=1S/C13H13Br2N3S/c1-2-7-16-12-11(15)13(18-8-17-12)19-10-6-4-3-5-9(10)14/h3-6,8H,2,7H2,1H3,(H,16,17,18). The van der Waals surface area contributed by atoms with Gasteiger partial charge in [-0.15, -0.1) is 0 Å². The molecule has 0 bridgehead atoms. The van der Waals surface area contributed by atoms with Gasteiger partial charge in [0.05, 0.1) is 4.47 Å². The van der Waals surface area contributed by atoms with E-state index in [-0.39, 0.29) is 0 Å². The van der Waals surface area contributed by atoms with Crippen molar-refractivity contribution in [2.45, 2.75) is 23.3 Å². The van der Waals surface area contributed by atoms with Crippen LogP contribution in [0.1, 0.15) is 13.3 Å². The van der Waals surface area contributed by atoms with Crippen LogP contribution in [0.15, 0.2) is 49.5 Å². The normalized spacial score (nSPS) is 10.5. The van der Waals surface area contributed by atoms with Crippen molar-refractivity contribution < 1.29 is 0 Å². The molecule has 0 radical (unpaired) electrons. The van der Waals surface area contributed by atoms with Crippen molar-refractivity contribution in [1.82, 2.24) is 9.97 Å². The molecule has 1 aromatic heterocycles. The van der Waals surface area contributed by atoms with Gasteiger partial charge >= 0.3 is 0 Å². The van der Waals surface area contributed by atoms with Gasteiger partial charge in [-0.2, -0.15) is 0 Å². The zero-order chi connectivity index (χ0) is 13.7. The summed E-state index contributed by atoms with van der Waals surface area (Å²) in [5, 5.41) is 4.18. The van der Waals surface area contributed by atoms with Gasteiger partial charge in [0.15, 0.2) is 0 Å². The number of halogens is 2. The molecule has 0 aliphatic carbocycles. The van der Waals surface area contributed by atoms with Crippen LogP contribution in [0.25, 0.3) is 0 Å². The molecule has 1 aromatic carbocycles. The Morgan fingerprint density at radius 2 is 2.00 bits per heavy atom. The Balaban J connectivity index is 2.23. The first-order valence-electron chi connectivity index (χ1n) is 5.89. The lowest BCUT2D eigenvalue weighted by molar-refractivity contribution is 0.946. The molecule has 19 heavy (non-hydrogen) atoms. The molecule has 0 unspecified atom stereocenters. The van der Waals surface area contributed by atoms with Crippen LogP contribution in [0.3, 0.4) is 0 Å². The predicted octanol–water partition coefficient (Wildman–Crippen LogP) is 4.97. The molecule has 0 amide bonds. The molecule has 0 saturated carbocycles. The van der Waals surface area contributed by atoms with Gasteiger partial charge in [-0.3, -0.25) is 0 Å². The van der Waals surface area contributed by atoms with E-state index in [9.17, 15) is 0 Å². The third-order valence-corrected chi connectivity index (χ3v) is 5.39. The highest BCUT2D eigenvalue weighted by molar-refractivity contribution is 9.11. The van der Waals surface area contributed by atoms with E-state index in [1.54, 1.807) is 18.1 Å². The van der Waals surface area contributed by atoms with E-state index in [1.165, 1.54) is 0 Å². The van der Waals surface area contributed by atoms with Crippen molar-refractivity contribution in [3.63, 3.8) is 0 Å². The summed E-state index contributed by atoms with van der Waals surface area (Å²) < 4.78 is 1.97. The van der Waals surface area contributed by atoms with Gasteiger partial charge in [0, 0.05) is 15.9 Å². The first-order valence-corrected chi connectivity index (χ1v) is 8.29. The summed E-state index contributed by atoms with van der Waals surface area (Å²) in [5.74, 6) is 0.839. The molecule has 0 atom stereocenters. The quantitative estimate of drug-likeness (QED) is 0.716. The lowest BCUT2D eigenvalue weighted by Gasteiger charge is -2.09. The fourth-order valence-corrected chi connectivity index (χ4v) is 3.35. The Bertz CT molecular complexity index is 563. The van der Waals surface area contributed by atoms with Gasteiger partial charge < -0.3 is 5.32 Å². The summed E-state index contributed by atoms with van der Waals surface area (Å²) in [7, 11) is 0. The van der Waals surface area contributed by atoms with E-state index in [1.807, 2.05) is 18.2 Å². The van der Waals surface area contributed by atoms with Crippen LogP contribution in [-0.2, 0) is 0 Å². The van der Waals surface area contributed by atoms with Gasteiger partial charge in [-0.05, 0) is 50.4 Å². The van der Waals surface area contributed by atoms with E-state index in [2.05, 4.69) is 60.1 Å². The summed E-state index contributed by atoms with van der Waals surface area (Å²) in [6.45, 7) is 3.02. The van der Waals surface area contributed by atoms with Crippen molar-refractivity contribution in [2.75, 3.05) is 11.9 Å². The van der Waals surface area contributed by atoms with Crippen molar-refractivity contribution in [3.8, 4) is 0 Å². The summed E-state index contributed by atoms with van der Waals surface area (Å²) in [5.41, 5.74) is 0. The van der Waals surface area contributed by atoms with Gasteiger partial charge in [-0.25, -0.2) is 9.97 Å². The lowest BCUT2D eigenvalue weighted by Crippen LogP contribution is -2.03. The molecule has 100 valence electrons. The third-order valence-electron chi connectivity index (χ3n) is 2.34. The Hall–Kier alpha value is -0.590. The van der Waals surface area contributed by atoms with Gasteiger partial charge in [0.1, 0.15) is 17.2 Å². The molecule has 6 heteroatoms. The highest BCUT2D eigenvalue weighted by Gasteiger charge is 2.11. The molecular weight excluding hydrogens is 390 g/mol. The van der Waals surface area contributed by atoms with Gasteiger partial charge in [0.2, 0.25) is 0 Å². The number of nitrogens with one attached hydrogen (secondary N) is 1. The van der Waals surface area contributed by atoms with Crippen LogP contribution in [0.4, 0.5) is 5.82 Å². The van der Waals surface area contributed by atoms with Crippen LogP contribution >= 0.6 is 43.6 Å². The first kappa shape index (κ1) is 14.8. The molecule has 0 spiro atoms. The summed E-state index contributed by atoms with van der Waals surface area (Å²) in [6, 6.07) is 8.09. The monoisotopic (exact) mass is 401 g/mol. The minimum atomic E-state index is 0.839. The number of benzene rings is 1. The molecule has 1 heterocycles. The summed E-state index contributed by atoms with van der Waals surface area (Å²) in [6.07, 6.45) is 2.64. The SMILES string of the molecule is CCCNc1ncnc(Sc2ccccc2Br)c1Br. The Morgan fingerprint density at radius 3 is 2.74 bits per heavy atom. The molecule has 1 N–H and O–H groups in total. The number of hydrogen-bond acceptors (Lipinski definition) is 4. The fourth-order valence-electron chi connectivity index (χ4n) is 1.42. The average Bonchev–Trinajstić information content (AvgIpc) is 2.42. The number of nitrogens with zero attached hydrogens (tertiary/aromatic N) is 2. The van der Waals surface area contributed by atoms with Crippen LogP contribution in [0.2, 0.25) is 0 Å². The molecule has 0 aliphatic rings. The van der Waals surface area contributed by atoms with E-state index < -0.39 is 0 Å². The Morgan fingerprint density at radius 1 is 1.21 bits per heavy atom. The van der Waals surface area contributed by atoms with Crippen LogP contribution in [-0.4, -0.2) is 16.5 Å². The lowest BCUT2D eigenvalue weighted by atomic mass is 10.4. The molecule has 2 aromatic rings. The maximum atomic E-state index is 4.33. The molecule has 0 aliphatic heterocycles. The van der Waals surface area contributed by atoms with Crippen molar-refractivity contribution in [3.05, 3.63) is 39.5 Å². The number of aromatic nitrogens is 2. The molecule has 0 fully saturated rings. The van der Waals surface area contributed by atoms with E-state index >= 15 is 0 Å². The van der Waals surface area contributed by atoms with Crippen molar-refractivity contribution >= 4 is 49.4 Å². The van der Waals surface area contributed by atoms with Crippen molar-refractivity contribution in [1.29, 1.82) is 0 Å².